The van der Waals surface area contributed by atoms with Crippen molar-refractivity contribution >= 4 is 41.1 Å². The molecule has 2 aromatic carbocycles. The molecule has 0 unspecified atom stereocenters. The third kappa shape index (κ3) is 5.05. The molecule has 0 spiro atoms. The van der Waals surface area contributed by atoms with Gasteiger partial charge in [0.1, 0.15) is 0 Å². The molecule has 1 fully saturated rings. The number of hydrogen-bond donors (Lipinski definition) is 1. The third-order valence-corrected chi connectivity index (χ3v) is 7.10. The smallest absolute Gasteiger partial charge is 0.338 e. The number of aryl methyl sites for hydroxylation is 1. The molecular formula is C20H21NO3S2. The summed E-state index contributed by atoms with van der Waals surface area (Å²) < 4.78 is 5.57. The second-order valence-electron chi connectivity index (χ2n) is 5.87. The number of thioether (sulfide) groups is 2. The zero-order chi connectivity index (χ0) is 18.4. The van der Waals surface area contributed by atoms with Gasteiger partial charge in [0.15, 0.2) is 6.61 Å². The molecule has 1 aliphatic heterocycles. The Morgan fingerprint density at radius 3 is 2.54 bits per heavy atom. The van der Waals surface area contributed by atoms with E-state index >= 15 is 0 Å². The van der Waals surface area contributed by atoms with Gasteiger partial charge in [-0.05, 0) is 41.8 Å². The van der Waals surface area contributed by atoms with Gasteiger partial charge in [-0.3, -0.25) is 4.79 Å². The number of benzene rings is 2. The van der Waals surface area contributed by atoms with Gasteiger partial charge in [0.05, 0.1) is 10.1 Å². The molecule has 26 heavy (non-hydrogen) atoms. The van der Waals surface area contributed by atoms with Crippen LogP contribution < -0.4 is 5.32 Å². The second-order valence-corrected chi connectivity index (χ2v) is 8.60. The SMILES string of the molecule is CCc1cccc(NC(=O)COC(=O)c2ccc(C3SCCS3)cc2)c1. The highest BCUT2D eigenvalue weighted by Gasteiger charge is 2.18. The van der Waals surface area contributed by atoms with E-state index in [1.54, 1.807) is 12.1 Å². The van der Waals surface area contributed by atoms with Crippen LogP contribution in [0.1, 0.15) is 33.0 Å². The Morgan fingerprint density at radius 2 is 1.85 bits per heavy atom. The molecule has 4 nitrogen and oxygen atoms in total. The fourth-order valence-corrected chi connectivity index (χ4v) is 5.47. The van der Waals surface area contributed by atoms with E-state index in [9.17, 15) is 9.59 Å². The summed E-state index contributed by atoms with van der Waals surface area (Å²) >= 11 is 3.84. The van der Waals surface area contributed by atoms with Crippen LogP contribution in [0.4, 0.5) is 5.69 Å². The van der Waals surface area contributed by atoms with E-state index in [0.717, 1.165) is 23.5 Å². The number of carbonyl (C=O) groups is 2. The molecule has 0 atom stereocenters. The Labute approximate surface area is 162 Å². The molecule has 0 bridgehead atoms. The first kappa shape index (κ1) is 18.9. The summed E-state index contributed by atoms with van der Waals surface area (Å²) in [6.45, 7) is 1.75. The lowest BCUT2D eigenvalue weighted by Crippen LogP contribution is -2.21. The van der Waals surface area contributed by atoms with Crippen molar-refractivity contribution in [1.82, 2.24) is 0 Å². The first-order valence-electron chi connectivity index (χ1n) is 8.55. The molecule has 3 rings (SSSR count). The summed E-state index contributed by atoms with van der Waals surface area (Å²) in [6, 6.07) is 15.1. The van der Waals surface area contributed by atoms with Gasteiger partial charge in [-0.25, -0.2) is 4.79 Å². The van der Waals surface area contributed by atoms with Crippen LogP contribution >= 0.6 is 23.5 Å². The van der Waals surface area contributed by atoms with Gasteiger partial charge >= 0.3 is 5.97 Å². The molecule has 136 valence electrons. The topological polar surface area (TPSA) is 55.4 Å². The lowest BCUT2D eigenvalue weighted by Gasteiger charge is -2.10. The van der Waals surface area contributed by atoms with Gasteiger partial charge in [-0.15, -0.1) is 23.5 Å². The molecule has 1 saturated heterocycles. The van der Waals surface area contributed by atoms with Gasteiger partial charge in [0.2, 0.25) is 0 Å². The van der Waals surface area contributed by atoms with Crippen molar-refractivity contribution < 1.29 is 14.3 Å². The maximum atomic E-state index is 12.1. The highest BCUT2D eigenvalue weighted by molar-refractivity contribution is 8.19. The number of esters is 1. The fourth-order valence-electron chi connectivity index (χ4n) is 2.61. The maximum absolute atomic E-state index is 12.1. The Balaban J connectivity index is 1.50. The summed E-state index contributed by atoms with van der Waals surface area (Å²) in [7, 11) is 0. The zero-order valence-corrected chi connectivity index (χ0v) is 16.2. The number of ether oxygens (including phenoxy) is 1. The average Bonchev–Trinajstić information content (AvgIpc) is 3.21. The zero-order valence-electron chi connectivity index (χ0n) is 14.6. The molecule has 0 aliphatic carbocycles. The lowest BCUT2D eigenvalue weighted by molar-refractivity contribution is -0.119. The van der Waals surface area contributed by atoms with Crippen molar-refractivity contribution in [1.29, 1.82) is 0 Å². The van der Waals surface area contributed by atoms with E-state index in [4.69, 9.17) is 4.74 Å². The molecule has 1 N–H and O–H groups in total. The predicted octanol–water partition coefficient (Wildman–Crippen LogP) is 4.52. The predicted molar refractivity (Wildman–Crippen MR) is 109 cm³/mol. The van der Waals surface area contributed by atoms with Crippen molar-refractivity contribution in [3.8, 4) is 0 Å². The van der Waals surface area contributed by atoms with E-state index in [1.165, 1.54) is 5.56 Å². The maximum Gasteiger partial charge on any atom is 0.338 e. The normalized spacial score (nSPS) is 14.2. The van der Waals surface area contributed by atoms with Crippen LogP contribution in [0.25, 0.3) is 0 Å². The minimum absolute atomic E-state index is 0.300. The first-order chi connectivity index (χ1) is 12.7. The van der Waals surface area contributed by atoms with Crippen LogP contribution in [-0.4, -0.2) is 30.0 Å². The summed E-state index contributed by atoms with van der Waals surface area (Å²) in [6.07, 6.45) is 0.895. The Hall–Kier alpha value is -1.92. The van der Waals surface area contributed by atoms with Crippen molar-refractivity contribution in [3.63, 3.8) is 0 Å². The molecule has 1 aliphatic rings. The fraction of sp³-hybridized carbons (Fsp3) is 0.300. The second kappa shape index (κ2) is 9.14. The molecule has 1 heterocycles. The van der Waals surface area contributed by atoms with Crippen LogP contribution in [0.5, 0.6) is 0 Å². The van der Waals surface area contributed by atoms with Crippen molar-refractivity contribution in [2.24, 2.45) is 0 Å². The Morgan fingerprint density at radius 1 is 1.12 bits per heavy atom. The summed E-state index contributed by atoms with van der Waals surface area (Å²) in [5.74, 6) is 1.49. The quantitative estimate of drug-likeness (QED) is 0.739. The van der Waals surface area contributed by atoms with Crippen LogP contribution in [0.3, 0.4) is 0 Å². The van der Waals surface area contributed by atoms with E-state index in [1.807, 2.05) is 59.9 Å². The third-order valence-electron chi connectivity index (χ3n) is 3.99. The van der Waals surface area contributed by atoms with Crippen molar-refractivity contribution in [2.45, 2.75) is 17.9 Å². The molecule has 1 amide bonds. The Kier molecular flexibility index (Phi) is 6.63. The van der Waals surface area contributed by atoms with Crippen LogP contribution in [0.2, 0.25) is 0 Å². The highest BCUT2D eigenvalue weighted by atomic mass is 32.2. The largest absolute Gasteiger partial charge is 0.452 e. The number of nitrogens with one attached hydrogen (secondary N) is 1. The van der Waals surface area contributed by atoms with Gasteiger partial charge in [0, 0.05) is 17.2 Å². The van der Waals surface area contributed by atoms with Gasteiger partial charge in [-0.2, -0.15) is 0 Å². The monoisotopic (exact) mass is 387 g/mol. The number of amides is 1. The number of carbonyl (C=O) groups excluding carboxylic acids is 2. The van der Waals surface area contributed by atoms with E-state index in [0.29, 0.717) is 15.8 Å². The number of rotatable bonds is 6. The summed E-state index contributed by atoms with van der Waals surface area (Å²) in [5, 5.41) is 2.75. The summed E-state index contributed by atoms with van der Waals surface area (Å²) in [4.78, 5) is 24.1. The number of anilines is 1. The standard InChI is InChI=1S/C20H21NO3S2/c1-2-14-4-3-5-17(12-14)21-18(22)13-24-19(23)15-6-8-16(9-7-15)20-25-10-11-26-20/h3-9,12,20H,2,10-11,13H2,1H3,(H,21,22). The van der Waals surface area contributed by atoms with Crippen molar-refractivity contribution in [2.75, 3.05) is 23.4 Å². The minimum Gasteiger partial charge on any atom is -0.452 e. The van der Waals surface area contributed by atoms with Crippen LogP contribution in [0.15, 0.2) is 48.5 Å². The number of hydrogen-bond acceptors (Lipinski definition) is 5. The lowest BCUT2D eigenvalue weighted by atomic mass is 10.1. The molecule has 0 radical (unpaired) electrons. The molecule has 0 saturated carbocycles. The summed E-state index contributed by atoms with van der Waals surface area (Å²) in [5.41, 5.74) is 3.52. The Bertz CT molecular complexity index is 771. The molecule has 2 aromatic rings. The van der Waals surface area contributed by atoms with Crippen LogP contribution in [-0.2, 0) is 16.0 Å². The molecule has 0 aromatic heterocycles. The van der Waals surface area contributed by atoms with E-state index in [-0.39, 0.29) is 12.5 Å². The van der Waals surface area contributed by atoms with Gasteiger partial charge in [-0.1, -0.05) is 31.2 Å². The van der Waals surface area contributed by atoms with E-state index in [2.05, 4.69) is 12.2 Å². The van der Waals surface area contributed by atoms with Crippen LogP contribution in [0, 0.1) is 0 Å². The van der Waals surface area contributed by atoms with Gasteiger partial charge in [0.25, 0.3) is 5.91 Å². The average molecular weight is 388 g/mol. The van der Waals surface area contributed by atoms with Crippen molar-refractivity contribution in [3.05, 3.63) is 65.2 Å². The van der Waals surface area contributed by atoms with Gasteiger partial charge < -0.3 is 10.1 Å². The highest BCUT2D eigenvalue weighted by Crippen LogP contribution is 2.45. The first-order valence-corrected chi connectivity index (χ1v) is 10.6. The molecular weight excluding hydrogens is 366 g/mol. The van der Waals surface area contributed by atoms with E-state index < -0.39 is 5.97 Å². The molecule has 6 heteroatoms. The minimum atomic E-state index is -0.485.